The van der Waals surface area contributed by atoms with E-state index >= 15 is 0 Å². The number of aliphatic hydroxyl groups is 3. The number of phenols is 1. The zero-order valence-electron chi connectivity index (χ0n) is 46.5. The van der Waals surface area contributed by atoms with E-state index in [1.165, 1.54) is 24.1 Å². The van der Waals surface area contributed by atoms with Crippen molar-refractivity contribution >= 4 is 35.4 Å². The third-order valence-electron chi connectivity index (χ3n) is 15.8. The molecule has 4 heterocycles. The molecule has 0 aliphatic carbocycles. The normalized spacial score (nSPS) is 33.1. The number of Topliss-reactive ketones (excluding diaryl/α,β-unsaturated/α-hetero) is 1. The van der Waals surface area contributed by atoms with Gasteiger partial charge < -0.3 is 50.6 Å². The van der Waals surface area contributed by atoms with Crippen LogP contribution in [0, 0.1) is 47.2 Å². The molecule has 77 heavy (non-hydrogen) atoms. The molecule has 15 atom stereocenters. The number of ether oxygens (including phenoxy) is 2. The van der Waals surface area contributed by atoms with E-state index in [0.29, 0.717) is 37.7 Å². The van der Waals surface area contributed by atoms with Gasteiger partial charge in [0.05, 0.1) is 30.3 Å². The van der Waals surface area contributed by atoms with Gasteiger partial charge in [0.15, 0.2) is 5.72 Å². The summed E-state index contributed by atoms with van der Waals surface area (Å²) in [5, 5.41) is 54.2. The Bertz CT molecular complexity index is 2350. The minimum atomic E-state index is -1.46. The molecule has 2 bridgehead atoms. The molecule has 18 heteroatoms. The average Bonchev–Trinajstić information content (AvgIpc) is 3.39. The van der Waals surface area contributed by atoms with Crippen molar-refractivity contribution in [1.29, 1.82) is 0 Å². The monoisotopic (exact) mass is 1080 g/mol. The number of aromatic hydroxyl groups is 1. The maximum absolute atomic E-state index is 14.6. The number of esters is 1. The molecule has 17 nitrogen and oxygen atoms in total. The fourth-order valence-electron chi connectivity index (χ4n) is 10.5. The highest BCUT2D eigenvalue weighted by Crippen LogP contribution is 2.39. The number of phenolic OH excluding ortho intramolecular Hbond substituents is 1. The van der Waals surface area contributed by atoms with Crippen LogP contribution in [0.5, 0.6) is 5.75 Å². The highest BCUT2D eigenvalue weighted by atomic mass is 19.1. The molecular formula is C59H86FN5O12. The van der Waals surface area contributed by atoms with Crippen LogP contribution >= 0.6 is 0 Å². The Morgan fingerprint density at radius 3 is 2.42 bits per heavy atom. The highest BCUT2D eigenvalue weighted by Gasteiger charge is 2.48. The number of cyclic esters (lactones) is 1. The molecule has 4 aliphatic rings. The molecule has 426 valence electrons. The van der Waals surface area contributed by atoms with E-state index in [0.717, 1.165) is 25.0 Å². The van der Waals surface area contributed by atoms with Gasteiger partial charge in [-0.05, 0) is 100.0 Å². The molecule has 5 rings (SSSR count). The topological polar surface area (TPSA) is 253 Å². The van der Waals surface area contributed by atoms with Gasteiger partial charge in [0.1, 0.15) is 41.6 Å². The number of hydrogen-bond donors (Lipinski definition) is 8. The van der Waals surface area contributed by atoms with Crippen LogP contribution in [0.15, 0.2) is 78.5 Å². The Hall–Kier alpha value is -5.53. The number of nitrogens with one attached hydrogen (secondary N) is 4. The Kier molecular flexibility index (Phi) is 23.4. The van der Waals surface area contributed by atoms with Crippen molar-refractivity contribution < 1.29 is 63.1 Å². The van der Waals surface area contributed by atoms with E-state index in [1.54, 1.807) is 39.0 Å². The number of nitrogens with zero attached hydrogens (tertiary/aromatic N) is 1. The quantitative estimate of drug-likeness (QED) is 0.0562. The highest BCUT2D eigenvalue weighted by molar-refractivity contribution is 5.93. The lowest BCUT2D eigenvalue weighted by Crippen LogP contribution is -2.62. The Labute approximate surface area is 454 Å². The lowest BCUT2D eigenvalue weighted by molar-refractivity contribution is -0.174. The van der Waals surface area contributed by atoms with Gasteiger partial charge in [0, 0.05) is 62.0 Å². The van der Waals surface area contributed by atoms with Crippen LogP contribution in [0.3, 0.4) is 0 Å². The van der Waals surface area contributed by atoms with Crippen molar-refractivity contribution in [3.05, 3.63) is 89.8 Å². The molecule has 1 aromatic rings. The van der Waals surface area contributed by atoms with Crippen molar-refractivity contribution in [2.45, 2.75) is 187 Å². The van der Waals surface area contributed by atoms with Gasteiger partial charge >= 0.3 is 5.97 Å². The number of allylic oxidation sites excluding steroid dienone is 5. The molecule has 2 fully saturated rings. The molecule has 4 amide bonds. The number of rotatable bonds is 15. The summed E-state index contributed by atoms with van der Waals surface area (Å²) >= 11 is 0. The fraction of sp³-hybridized carbons (Fsp3) is 0.627. The Balaban J connectivity index is 1.35. The molecular weight excluding hydrogens is 990 g/mol. The van der Waals surface area contributed by atoms with E-state index in [9.17, 15) is 53.6 Å². The van der Waals surface area contributed by atoms with E-state index in [-0.39, 0.29) is 79.3 Å². The molecule has 2 saturated heterocycles. The number of carbonyl (C=O) groups is 6. The van der Waals surface area contributed by atoms with Crippen molar-refractivity contribution in [3.8, 4) is 5.75 Å². The number of amides is 4. The third-order valence-corrected chi connectivity index (χ3v) is 15.8. The summed E-state index contributed by atoms with van der Waals surface area (Å²) in [7, 11) is 0. The van der Waals surface area contributed by atoms with E-state index in [4.69, 9.17) is 9.47 Å². The number of ketones is 1. The van der Waals surface area contributed by atoms with E-state index in [2.05, 4.69) is 41.3 Å². The van der Waals surface area contributed by atoms with Crippen LogP contribution in [0.2, 0.25) is 0 Å². The summed E-state index contributed by atoms with van der Waals surface area (Å²) in [6.45, 7) is 16.4. The van der Waals surface area contributed by atoms with Gasteiger partial charge in [0.25, 0.3) is 5.91 Å². The van der Waals surface area contributed by atoms with Crippen molar-refractivity contribution in [2.24, 2.45) is 41.4 Å². The second kappa shape index (κ2) is 28.9. The number of hydrogen-bond acceptors (Lipinski definition) is 13. The second-order valence-electron chi connectivity index (χ2n) is 22.4. The van der Waals surface area contributed by atoms with Crippen molar-refractivity contribution in [1.82, 2.24) is 26.4 Å². The molecule has 0 aromatic heterocycles. The molecule has 0 saturated carbocycles. The van der Waals surface area contributed by atoms with Crippen molar-refractivity contribution in [2.75, 3.05) is 6.54 Å². The zero-order valence-corrected chi connectivity index (χ0v) is 46.5. The van der Waals surface area contributed by atoms with Crippen LogP contribution < -0.4 is 21.4 Å². The lowest BCUT2D eigenvalue weighted by atomic mass is 9.78. The summed E-state index contributed by atoms with van der Waals surface area (Å²) in [6, 6.07) is -0.367. The number of piperidine rings is 1. The molecule has 1 aromatic carbocycles. The summed E-state index contributed by atoms with van der Waals surface area (Å²) in [4.78, 5) is 81.9. The smallest absolute Gasteiger partial charge is 0.325 e. The molecule has 4 aliphatic heterocycles. The predicted molar refractivity (Wildman–Crippen MR) is 289 cm³/mol. The number of hydrazine groups is 1. The molecule has 1 spiro atoms. The van der Waals surface area contributed by atoms with Crippen LogP contribution in [-0.2, 0) is 44.7 Å². The van der Waals surface area contributed by atoms with Crippen molar-refractivity contribution in [3.63, 3.8) is 0 Å². The number of halogens is 1. The van der Waals surface area contributed by atoms with E-state index in [1.807, 2.05) is 45.1 Å². The maximum atomic E-state index is 14.6. The summed E-state index contributed by atoms with van der Waals surface area (Å²) in [6.07, 6.45) is 15.4. The van der Waals surface area contributed by atoms with Gasteiger partial charge in [-0.3, -0.25) is 29.0 Å². The number of fused-ring (bicyclic) bond motifs is 2. The molecule has 1 unspecified atom stereocenters. The summed E-state index contributed by atoms with van der Waals surface area (Å²) < 4.78 is 27.4. The molecule has 8 N–H and O–H groups in total. The third kappa shape index (κ3) is 17.5. The van der Waals surface area contributed by atoms with Crippen LogP contribution in [0.4, 0.5) is 4.39 Å². The number of aliphatic hydroxyl groups excluding tert-OH is 3. The van der Waals surface area contributed by atoms with Gasteiger partial charge in [-0.15, -0.1) is 0 Å². The number of carbonyl (C=O) groups excluding carboxylic acids is 6. The summed E-state index contributed by atoms with van der Waals surface area (Å²) in [5.74, 6) is -6.95. The van der Waals surface area contributed by atoms with Gasteiger partial charge in [-0.2, -0.15) is 0 Å². The average molecular weight is 1080 g/mol. The first-order valence-electron chi connectivity index (χ1n) is 27.7. The van der Waals surface area contributed by atoms with Crippen LogP contribution in [-0.4, -0.2) is 122 Å². The minimum Gasteiger partial charge on any atom is -0.508 e. The molecule has 0 radical (unpaired) electrons. The first-order chi connectivity index (χ1) is 36.4. The van der Waals surface area contributed by atoms with Gasteiger partial charge in [-0.25, -0.2) is 9.82 Å². The van der Waals surface area contributed by atoms with Gasteiger partial charge in [-0.1, -0.05) is 97.1 Å². The number of benzene rings is 1. The van der Waals surface area contributed by atoms with Crippen LogP contribution in [0.25, 0.3) is 0 Å². The summed E-state index contributed by atoms with van der Waals surface area (Å²) in [5.41, 5.74) is 2.98. The lowest BCUT2D eigenvalue weighted by Gasteiger charge is -2.48. The zero-order chi connectivity index (χ0) is 56.7. The first-order valence-corrected chi connectivity index (χ1v) is 27.7. The minimum absolute atomic E-state index is 0.00735. The first kappa shape index (κ1) is 62.3. The Morgan fingerprint density at radius 2 is 1.73 bits per heavy atom. The second-order valence-corrected chi connectivity index (χ2v) is 22.4. The van der Waals surface area contributed by atoms with Crippen LogP contribution in [0.1, 0.15) is 132 Å². The SMILES string of the molecule is CC[C@H]1C[C@H](C)[C@@]2(C=C[C@@H](C)[C@@H](C[C@H](O)[C@@H](C)CC/C=C\C=C(/C)[C@@H]3C/C=C/C=C/[C@H](O)[C@H](C)[C@@H](O)[C@@H](CCC(C)=O)C(=O)N[C@@H](C(C)C)C(=O)N[C@@H](Cc4cc(O)cc(F)c4)C(=O)N4CCCC(N4)C(=O)O3)O2)NC1=O. The van der Waals surface area contributed by atoms with Gasteiger partial charge in [0.2, 0.25) is 17.7 Å². The Morgan fingerprint density at radius 1 is 0.987 bits per heavy atom. The standard InChI is InChI=1S/C59H86FN5O12/c1-10-42-28-38(7)59(63-54(42)71)26-25-37(6)51(77-59)33-49(69)35(4)18-13-11-14-19-36(5)50-22-16-12-15-21-48(68)40(9)53(70)45(24-23-39(8)66)55(72)62-52(34(2)3)56(73)61-47(31-41-29-43(60)32-44(67)30-41)57(74)65-27-17-20-46(64-65)58(75)76-50/h11-12,14-16,19,21,25-26,29-30,32,34-35,37-38,40,42,45-53,64,67-70H,10,13,17-18,20,22-24,27-28,31,33H2,1-9H3,(H,61,73)(H,62,72)(H,63,71)/b14-11-,16-12+,21-15+,36-19+/t35-,37+,38-,40-,42-,45+,46?,47-,48-,49-,50-,51+,52-,53+,59-/m0/s1. The predicted octanol–water partition coefficient (Wildman–Crippen LogP) is 6.11. The maximum Gasteiger partial charge on any atom is 0.325 e. The van der Waals surface area contributed by atoms with E-state index < -0.39 is 101 Å². The fourth-order valence-corrected chi connectivity index (χ4v) is 10.5. The largest absolute Gasteiger partial charge is 0.508 e.